The van der Waals surface area contributed by atoms with Crippen LogP contribution in [0, 0.1) is 12.8 Å². The summed E-state index contributed by atoms with van der Waals surface area (Å²) in [5.74, 6) is 1.56. The molecule has 2 aromatic carbocycles. The summed E-state index contributed by atoms with van der Waals surface area (Å²) in [5.41, 5.74) is 3.34. The Hall–Kier alpha value is -4.25. The van der Waals surface area contributed by atoms with Crippen molar-refractivity contribution >= 4 is 17.5 Å². The fraction of sp³-hybridized carbons (Fsp3) is 0.429. The number of hydrogen-bond donors (Lipinski definition) is 1. The molecule has 46 heavy (non-hydrogen) atoms. The lowest BCUT2D eigenvalue weighted by atomic mass is 9.94. The summed E-state index contributed by atoms with van der Waals surface area (Å²) in [5, 5.41) is 11.7. The normalized spacial score (nSPS) is 17.1. The molecule has 1 atom stereocenters. The second-order valence-electron chi connectivity index (χ2n) is 12.6. The topological polar surface area (TPSA) is 79.2 Å². The van der Waals surface area contributed by atoms with Crippen LogP contribution in [0.15, 0.2) is 48.8 Å². The molecule has 2 aliphatic rings. The van der Waals surface area contributed by atoms with Gasteiger partial charge in [-0.15, -0.1) is 10.2 Å². The largest absolute Gasteiger partial charge is 0.416 e. The molecule has 4 aromatic rings. The third-order valence-corrected chi connectivity index (χ3v) is 9.08. The Bertz CT molecular complexity index is 1750. The lowest BCUT2D eigenvalue weighted by molar-refractivity contribution is -0.138. The Balaban J connectivity index is 1.41. The molecule has 1 saturated heterocycles. The van der Waals surface area contributed by atoms with Crippen molar-refractivity contribution in [2.24, 2.45) is 13.0 Å². The predicted molar refractivity (Wildman–Crippen MR) is 173 cm³/mol. The van der Waals surface area contributed by atoms with Crippen molar-refractivity contribution in [3.05, 3.63) is 76.6 Å². The molecule has 8 nitrogen and oxygen atoms in total. The highest BCUT2D eigenvalue weighted by atomic mass is 19.4. The molecule has 6 rings (SSSR count). The summed E-state index contributed by atoms with van der Waals surface area (Å²) in [6.45, 7) is 8.70. The minimum Gasteiger partial charge on any atom is -0.370 e. The van der Waals surface area contributed by atoms with E-state index in [1.54, 1.807) is 18.5 Å². The highest BCUT2D eigenvalue weighted by Crippen LogP contribution is 2.41. The first-order valence-electron chi connectivity index (χ1n) is 16.0. The fourth-order valence-corrected chi connectivity index (χ4v) is 6.66. The van der Waals surface area contributed by atoms with Crippen molar-refractivity contribution in [2.45, 2.75) is 65.7 Å². The number of nitrogens with one attached hydrogen (secondary N) is 1. The van der Waals surface area contributed by atoms with E-state index in [4.69, 9.17) is 4.98 Å². The van der Waals surface area contributed by atoms with Gasteiger partial charge in [0.05, 0.1) is 12.1 Å². The zero-order valence-electron chi connectivity index (χ0n) is 26.8. The van der Waals surface area contributed by atoms with Crippen LogP contribution in [0.25, 0.3) is 22.5 Å². The van der Waals surface area contributed by atoms with Crippen LogP contribution in [0.1, 0.15) is 72.1 Å². The van der Waals surface area contributed by atoms with Crippen LogP contribution in [0.2, 0.25) is 0 Å². The Morgan fingerprint density at radius 2 is 1.87 bits per heavy atom. The molecule has 0 aliphatic carbocycles. The minimum absolute atomic E-state index is 0.00284. The van der Waals surface area contributed by atoms with Gasteiger partial charge in [0, 0.05) is 37.8 Å². The number of rotatable bonds is 9. The first-order valence-corrected chi connectivity index (χ1v) is 16.0. The average molecular weight is 632 g/mol. The van der Waals surface area contributed by atoms with Gasteiger partial charge in [-0.1, -0.05) is 44.0 Å². The van der Waals surface area contributed by atoms with Crippen LogP contribution in [0.3, 0.4) is 0 Å². The smallest absolute Gasteiger partial charge is 0.370 e. The standard InChI is InChI=1S/C35H40F3N7O/c1-5-11-39-31-16-25(27-13-22(3)9-10-26(27)33-42-40-21-43(33)4)17-32(41-31)45-20-29-28(34(45)46)14-24(15-30(29)35(36,37)38)19-44-12-7-8-23(6-2)18-44/h9-10,13-17,21,23H,5-8,11-12,18-20H2,1-4H3,(H,39,41). The zero-order chi connectivity index (χ0) is 32.6. The maximum Gasteiger partial charge on any atom is 0.416 e. The third-order valence-electron chi connectivity index (χ3n) is 9.08. The van der Waals surface area contributed by atoms with Crippen molar-refractivity contribution in [1.82, 2.24) is 24.6 Å². The Labute approximate surface area is 267 Å². The van der Waals surface area contributed by atoms with Crippen LogP contribution < -0.4 is 10.2 Å². The first kappa shape index (κ1) is 31.7. The molecule has 0 spiro atoms. The summed E-state index contributed by atoms with van der Waals surface area (Å²) in [7, 11) is 1.87. The second-order valence-corrected chi connectivity index (χ2v) is 12.6. The molecule has 1 unspecified atom stereocenters. The number of carbonyl (C=O) groups is 1. The van der Waals surface area contributed by atoms with Crippen molar-refractivity contribution in [2.75, 3.05) is 29.9 Å². The molecule has 0 bridgehead atoms. The Morgan fingerprint density at radius 3 is 2.59 bits per heavy atom. The van der Waals surface area contributed by atoms with Gasteiger partial charge in [0.25, 0.3) is 5.91 Å². The van der Waals surface area contributed by atoms with Crippen molar-refractivity contribution in [3.63, 3.8) is 0 Å². The number of benzene rings is 2. The molecule has 2 aliphatic heterocycles. The lowest BCUT2D eigenvalue weighted by Crippen LogP contribution is -2.34. The van der Waals surface area contributed by atoms with Crippen LogP contribution in [0.5, 0.6) is 0 Å². The maximum absolute atomic E-state index is 14.5. The number of pyridine rings is 1. The van der Waals surface area contributed by atoms with Crippen LogP contribution in [-0.4, -0.2) is 50.2 Å². The molecule has 4 heterocycles. The number of carbonyl (C=O) groups excluding carboxylic acids is 1. The average Bonchev–Trinajstić information content (AvgIpc) is 3.61. The van der Waals surface area contributed by atoms with Crippen molar-refractivity contribution in [1.29, 1.82) is 0 Å². The minimum atomic E-state index is -4.60. The quantitative estimate of drug-likeness (QED) is 0.206. The maximum atomic E-state index is 14.5. The molecule has 1 N–H and O–H groups in total. The molecule has 242 valence electrons. The molecule has 1 fully saturated rings. The number of halogens is 3. The molecule has 2 aromatic heterocycles. The first-order chi connectivity index (χ1) is 22.0. The number of anilines is 2. The van der Waals surface area contributed by atoms with E-state index >= 15 is 0 Å². The Morgan fingerprint density at radius 1 is 1.04 bits per heavy atom. The van der Waals surface area contributed by atoms with Gasteiger partial charge >= 0.3 is 6.18 Å². The molecular formula is C35H40F3N7O. The number of hydrogen-bond acceptors (Lipinski definition) is 6. The molecule has 0 saturated carbocycles. The fourth-order valence-electron chi connectivity index (χ4n) is 6.66. The van der Waals surface area contributed by atoms with Gasteiger partial charge < -0.3 is 9.88 Å². The Kier molecular flexibility index (Phi) is 8.87. The number of piperidine rings is 1. The molecular weight excluding hydrogens is 591 g/mol. The lowest BCUT2D eigenvalue weighted by Gasteiger charge is -2.32. The van der Waals surface area contributed by atoms with Gasteiger partial charge in [-0.25, -0.2) is 4.98 Å². The molecule has 1 amide bonds. The summed E-state index contributed by atoms with van der Waals surface area (Å²) < 4.78 is 45.4. The van der Waals surface area contributed by atoms with Gasteiger partial charge in [-0.2, -0.15) is 13.2 Å². The van der Waals surface area contributed by atoms with Crippen LogP contribution >= 0.6 is 0 Å². The van der Waals surface area contributed by atoms with Crippen molar-refractivity contribution in [3.8, 4) is 22.5 Å². The summed E-state index contributed by atoms with van der Waals surface area (Å²) >= 11 is 0. The van der Waals surface area contributed by atoms with E-state index in [0.717, 1.165) is 61.0 Å². The van der Waals surface area contributed by atoms with E-state index in [9.17, 15) is 18.0 Å². The van der Waals surface area contributed by atoms with E-state index in [1.807, 2.05) is 49.7 Å². The van der Waals surface area contributed by atoms with Crippen LogP contribution in [-0.2, 0) is 26.3 Å². The van der Waals surface area contributed by atoms with Gasteiger partial charge in [0.2, 0.25) is 0 Å². The van der Waals surface area contributed by atoms with E-state index in [0.29, 0.717) is 42.0 Å². The monoisotopic (exact) mass is 631 g/mol. The molecule has 11 heteroatoms. The molecule has 0 radical (unpaired) electrons. The summed E-state index contributed by atoms with van der Waals surface area (Å²) in [6, 6.07) is 12.6. The van der Waals surface area contributed by atoms with Crippen LogP contribution in [0.4, 0.5) is 24.8 Å². The van der Waals surface area contributed by atoms with Crippen molar-refractivity contribution < 1.29 is 18.0 Å². The number of aromatic nitrogens is 4. The van der Waals surface area contributed by atoms with E-state index in [1.165, 1.54) is 11.0 Å². The van der Waals surface area contributed by atoms with E-state index < -0.39 is 17.6 Å². The number of alkyl halides is 3. The highest BCUT2D eigenvalue weighted by molar-refractivity contribution is 6.10. The number of aryl methyl sites for hydroxylation is 2. The number of likely N-dealkylation sites (tertiary alicyclic amines) is 1. The van der Waals surface area contributed by atoms with Gasteiger partial charge in [0.1, 0.15) is 18.0 Å². The number of nitrogens with zero attached hydrogens (tertiary/aromatic N) is 6. The van der Waals surface area contributed by atoms with Gasteiger partial charge in [-0.05, 0) is 85.2 Å². The number of fused-ring (bicyclic) bond motifs is 1. The third kappa shape index (κ3) is 6.38. The van der Waals surface area contributed by atoms with E-state index in [2.05, 4.69) is 27.3 Å². The highest BCUT2D eigenvalue weighted by Gasteiger charge is 2.41. The van der Waals surface area contributed by atoms with Gasteiger partial charge in [-0.3, -0.25) is 14.6 Å². The summed E-state index contributed by atoms with van der Waals surface area (Å²) in [4.78, 5) is 22.3. The second kappa shape index (κ2) is 12.9. The van der Waals surface area contributed by atoms with Gasteiger partial charge in [0.15, 0.2) is 5.82 Å². The predicted octanol–water partition coefficient (Wildman–Crippen LogP) is 7.48. The SMILES string of the molecule is CCCNc1cc(-c2cc(C)ccc2-c2nncn2C)cc(N2Cc3c(cc(CN4CCCC(CC)C4)cc3C(F)(F)F)C2=O)n1. The summed E-state index contributed by atoms with van der Waals surface area (Å²) in [6.07, 6.45) is 1.09. The zero-order valence-corrected chi connectivity index (χ0v) is 26.8. The number of amides is 1. The van der Waals surface area contributed by atoms with E-state index in [-0.39, 0.29) is 17.7 Å².